The predicted octanol–water partition coefficient (Wildman–Crippen LogP) is 3.72. The average molecular weight is 416 g/mol. The Bertz CT molecular complexity index is 1050. The number of hydrogen-bond donors (Lipinski definition) is 2. The van der Waals surface area contributed by atoms with Crippen LogP contribution in [0.15, 0.2) is 17.1 Å². The van der Waals surface area contributed by atoms with Gasteiger partial charge < -0.3 is 19.7 Å². The number of carbonyl (C=O) groups is 1. The maximum absolute atomic E-state index is 15.4. The third kappa shape index (κ3) is 3.39. The van der Waals surface area contributed by atoms with Crippen molar-refractivity contribution in [1.82, 2.24) is 4.57 Å². The lowest BCUT2D eigenvalue weighted by molar-refractivity contribution is 0.0694. The van der Waals surface area contributed by atoms with Crippen LogP contribution in [-0.2, 0) is 6.42 Å². The molecule has 2 N–H and O–H groups in total. The second kappa shape index (κ2) is 8.02. The molecule has 162 valence electrons. The number of aliphatic hydroxyl groups is 1. The van der Waals surface area contributed by atoms with Crippen molar-refractivity contribution in [3.8, 4) is 0 Å². The number of nitrogens with zero attached hydrogens (tertiary/aromatic N) is 2. The summed E-state index contributed by atoms with van der Waals surface area (Å²) in [6, 6.07) is 1.24. The van der Waals surface area contributed by atoms with E-state index in [9.17, 15) is 19.8 Å². The molecular formula is C23H29FN2O4. The summed E-state index contributed by atoms with van der Waals surface area (Å²) in [5.41, 5.74) is 0.984. The van der Waals surface area contributed by atoms with Gasteiger partial charge in [0.05, 0.1) is 17.3 Å². The van der Waals surface area contributed by atoms with Crippen LogP contribution in [0.2, 0.25) is 0 Å². The molecule has 0 bridgehead atoms. The van der Waals surface area contributed by atoms with Crippen LogP contribution in [0.4, 0.5) is 10.1 Å². The largest absolute Gasteiger partial charge is 0.477 e. The first-order chi connectivity index (χ1) is 14.3. The third-order valence-corrected chi connectivity index (χ3v) is 6.80. The van der Waals surface area contributed by atoms with E-state index in [1.807, 2.05) is 16.4 Å². The van der Waals surface area contributed by atoms with Gasteiger partial charge in [-0.25, -0.2) is 9.18 Å². The molecule has 0 spiro atoms. The molecule has 3 heterocycles. The van der Waals surface area contributed by atoms with Crippen LogP contribution in [0.1, 0.15) is 67.9 Å². The maximum atomic E-state index is 15.4. The number of carboxylic acid groups (broad SMARTS) is 1. The van der Waals surface area contributed by atoms with Crippen LogP contribution in [0, 0.1) is 11.7 Å². The second-order valence-corrected chi connectivity index (χ2v) is 8.76. The fourth-order valence-corrected chi connectivity index (χ4v) is 5.10. The molecule has 0 amide bonds. The number of aromatic carboxylic acids is 1. The summed E-state index contributed by atoms with van der Waals surface area (Å²) in [7, 11) is 0. The van der Waals surface area contributed by atoms with Gasteiger partial charge in [0.2, 0.25) is 5.43 Å². The fraction of sp³-hybridized carbons (Fsp3) is 0.565. The van der Waals surface area contributed by atoms with E-state index < -0.39 is 17.2 Å². The van der Waals surface area contributed by atoms with Crippen molar-refractivity contribution < 1.29 is 19.4 Å². The summed E-state index contributed by atoms with van der Waals surface area (Å²) in [6.45, 7) is 5.25. The number of unbranched alkanes of at least 4 members (excludes halogenated alkanes) is 1. The number of pyridine rings is 1. The minimum atomic E-state index is -1.29. The molecule has 3 atom stereocenters. The minimum absolute atomic E-state index is 0.0255. The van der Waals surface area contributed by atoms with E-state index in [-0.39, 0.29) is 29.0 Å². The van der Waals surface area contributed by atoms with Gasteiger partial charge in [0.15, 0.2) is 0 Å². The van der Waals surface area contributed by atoms with Gasteiger partial charge in [0, 0.05) is 42.2 Å². The zero-order valence-corrected chi connectivity index (χ0v) is 17.5. The number of aryl methyl sites for hydroxylation is 1. The first kappa shape index (κ1) is 20.8. The van der Waals surface area contributed by atoms with Gasteiger partial charge in [-0.05, 0) is 38.7 Å². The number of hydrogen-bond acceptors (Lipinski definition) is 4. The molecule has 1 fully saturated rings. The summed E-state index contributed by atoms with van der Waals surface area (Å²) < 4.78 is 17.2. The smallest absolute Gasteiger partial charge is 0.341 e. The highest BCUT2D eigenvalue weighted by Crippen LogP contribution is 2.39. The molecule has 4 rings (SSSR count). The topological polar surface area (TPSA) is 82.8 Å². The Balaban J connectivity index is 1.87. The van der Waals surface area contributed by atoms with Crippen LogP contribution < -0.4 is 10.3 Å². The molecule has 7 heteroatoms. The number of carboxylic acids is 1. The van der Waals surface area contributed by atoms with E-state index in [1.54, 1.807) is 0 Å². The SMILES string of the molecule is CCCCC1CN(c2c(F)cc3c(=O)c(C(=O)O)cn4c3c2CC[C@@H]4C)CCC1O. The van der Waals surface area contributed by atoms with Crippen molar-refractivity contribution >= 4 is 22.6 Å². The molecule has 30 heavy (non-hydrogen) atoms. The number of piperidine rings is 1. The van der Waals surface area contributed by atoms with E-state index in [2.05, 4.69) is 6.92 Å². The van der Waals surface area contributed by atoms with Gasteiger partial charge in [-0.1, -0.05) is 19.8 Å². The molecule has 1 aromatic heterocycles. The van der Waals surface area contributed by atoms with Crippen molar-refractivity contribution in [3.63, 3.8) is 0 Å². The molecule has 0 saturated carbocycles. The highest BCUT2D eigenvalue weighted by Gasteiger charge is 2.33. The van der Waals surface area contributed by atoms with Gasteiger partial charge >= 0.3 is 5.97 Å². The summed E-state index contributed by atoms with van der Waals surface area (Å²) in [6.07, 6.45) is 5.99. The van der Waals surface area contributed by atoms with Crippen molar-refractivity contribution in [2.45, 2.75) is 64.5 Å². The monoisotopic (exact) mass is 416 g/mol. The Morgan fingerprint density at radius 3 is 2.80 bits per heavy atom. The van der Waals surface area contributed by atoms with Gasteiger partial charge in [-0.2, -0.15) is 0 Å². The zero-order chi connectivity index (χ0) is 21.6. The molecule has 2 unspecified atom stereocenters. The van der Waals surface area contributed by atoms with E-state index in [1.165, 1.54) is 12.3 Å². The Morgan fingerprint density at radius 1 is 1.33 bits per heavy atom. The number of anilines is 1. The second-order valence-electron chi connectivity index (χ2n) is 8.76. The highest BCUT2D eigenvalue weighted by molar-refractivity contribution is 5.95. The lowest BCUT2D eigenvalue weighted by Crippen LogP contribution is -2.44. The van der Waals surface area contributed by atoms with Gasteiger partial charge in [0.25, 0.3) is 0 Å². The van der Waals surface area contributed by atoms with Gasteiger partial charge in [0.1, 0.15) is 11.4 Å². The molecule has 2 aliphatic heterocycles. The molecule has 2 aliphatic rings. The molecule has 1 saturated heterocycles. The lowest BCUT2D eigenvalue weighted by Gasteiger charge is -2.40. The number of aliphatic hydroxyl groups excluding tert-OH is 1. The highest BCUT2D eigenvalue weighted by atomic mass is 19.1. The van der Waals surface area contributed by atoms with Crippen LogP contribution in [0.3, 0.4) is 0 Å². The normalized spacial score (nSPS) is 23.7. The van der Waals surface area contributed by atoms with Crippen LogP contribution in [0.5, 0.6) is 0 Å². The standard InChI is InChI=1S/C23H29FN2O4/c1-3-4-5-14-11-25(9-8-19(14)27)21-15-7-6-13(2)26-12-17(23(29)30)22(28)16(20(15)26)10-18(21)24/h10,12-14,19,27H,3-9,11H2,1-2H3,(H,29,30)/t13-,14?,19?/m0/s1. The first-order valence-electron chi connectivity index (χ1n) is 10.9. The fourth-order valence-electron chi connectivity index (χ4n) is 5.10. The molecule has 2 aromatic rings. The van der Waals surface area contributed by atoms with Crippen molar-refractivity contribution in [2.24, 2.45) is 5.92 Å². The minimum Gasteiger partial charge on any atom is -0.477 e. The van der Waals surface area contributed by atoms with Gasteiger partial charge in [-0.15, -0.1) is 0 Å². The average Bonchev–Trinajstić information content (AvgIpc) is 2.71. The molecule has 6 nitrogen and oxygen atoms in total. The van der Waals surface area contributed by atoms with Gasteiger partial charge in [-0.3, -0.25) is 4.79 Å². The Kier molecular flexibility index (Phi) is 5.57. The molecular weight excluding hydrogens is 387 g/mol. The summed E-state index contributed by atoms with van der Waals surface area (Å²) in [5.74, 6) is -1.68. The van der Waals surface area contributed by atoms with Crippen LogP contribution in [0.25, 0.3) is 10.9 Å². The van der Waals surface area contributed by atoms with Crippen molar-refractivity contribution in [1.29, 1.82) is 0 Å². The summed E-state index contributed by atoms with van der Waals surface area (Å²) in [4.78, 5) is 26.3. The third-order valence-electron chi connectivity index (χ3n) is 6.80. The Labute approximate surface area is 174 Å². The quantitative estimate of drug-likeness (QED) is 0.776. The summed E-state index contributed by atoms with van der Waals surface area (Å²) >= 11 is 0. The Morgan fingerprint density at radius 2 is 2.10 bits per heavy atom. The van der Waals surface area contributed by atoms with E-state index >= 15 is 4.39 Å². The number of halogens is 1. The maximum Gasteiger partial charge on any atom is 0.341 e. The van der Waals surface area contributed by atoms with Crippen LogP contribution >= 0.6 is 0 Å². The molecule has 0 aliphatic carbocycles. The van der Waals surface area contributed by atoms with Crippen molar-refractivity contribution in [3.05, 3.63) is 39.4 Å². The van der Waals surface area contributed by atoms with E-state index in [4.69, 9.17) is 0 Å². The van der Waals surface area contributed by atoms with Crippen LogP contribution in [-0.4, -0.2) is 39.9 Å². The predicted molar refractivity (Wildman–Crippen MR) is 114 cm³/mol. The lowest BCUT2D eigenvalue weighted by atomic mass is 9.88. The van der Waals surface area contributed by atoms with Crippen molar-refractivity contribution in [2.75, 3.05) is 18.0 Å². The molecule has 1 aromatic carbocycles. The Hall–Kier alpha value is -2.41. The first-order valence-corrected chi connectivity index (χ1v) is 10.9. The number of rotatable bonds is 5. The van der Waals surface area contributed by atoms with E-state index in [0.717, 1.165) is 31.2 Å². The summed E-state index contributed by atoms with van der Waals surface area (Å²) in [5, 5.41) is 20.0. The van der Waals surface area contributed by atoms with E-state index in [0.29, 0.717) is 37.1 Å². The number of benzene rings is 1. The molecule has 0 radical (unpaired) electrons. The number of aromatic nitrogens is 1. The zero-order valence-electron chi connectivity index (χ0n) is 17.5.